The molecule has 2 saturated heterocycles. The number of amides is 4. The molecule has 2 heterocycles. The number of nitrogens with zero attached hydrogens (tertiary/aromatic N) is 2. The Morgan fingerprint density at radius 3 is 1.38 bits per heavy atom. The van der Waals surface area contributed by atoms with Crippen LogP contribution in [-0.2, 0) is 32.0 Å². The summed E-state index contributed by atoms with van der Waals surface area (Å²) in [5, 5.41) is 5.99. The van der Waals surface area contributed by atoms with E-state index in [1.807, 2.05) is 123 Å². The van der Waals surface area contributed by atoms with E-state index < -0.39 is 12.1 Å². The predicted octanol–water partition coefficient (Wildman–Crippen LogP) is 6.82. The lowest BCUT2D eigenvalue weighted by Crippen LogP contribution is -2.43. The first-order valence-corrected chi connectivity index (χ1v) is 17.4. The maximum absolute atomic E-state index is 13.2. The van der Waals surface area contributed by atoms with Gasteiger partial charge in [-0.25, -0.2) is 0 Å². The Hall–Kier alpha value is -5.50. The molecule has 0 bridgehead atoms. The lowest BCUT2D eigenvalue weighted by Gasteiger charge is -2.24. The molecular weight excluding hydrogens is 624 g/mol. The highest BCUT2D eigenvalue weighted by atomic mass is 16.2. The number of carbonyl (C=O) groups is 4. The summed E-state index contributed by atoms with van der Waals surface area (Å²) in [5.74, 6) is -0.369. The summed E-state index contributed by atoms with van der Waals surface area (Å²) >= 11 is 0. The first-order chi connectivity index (χ1) is 24.2. The van der Waals surface area contributed by atoms with E-state index in [-0.39, 0.29) is 23.6 Å². The number of benzene rings is 4. The fraction of sp³-hybridized carbons (Fsp3) is 0.286. The van der Waals surface area contributed by atoms with Crippen molar-refractivity contribution < 1.29 is 19.2 Å². The van der Waals surface area contributed by atoms with Crippen molar-refractivity contribution in [2.24, 2.45) is 0 Å². The Bertz CT molecular complexity index is 1750. The molecule has 8 heteroatoms. The summed E-state index contributed by atoms with van der Waals surface area (Å²) < 4.78 is 0. The average molecular weight is 669 g/mol. The van der Waals surface area contributed by atoms with Crippen molar-refractivity contribution in [1.82, 2.24) is 9.80 Å². The third-order valence-electron chi connectivity index (χ3n) is 9.45. The fourth-order valence-corrected chi connectivity index (χ4v) is 6.87. The topological polar surface area (TPSA) is 98.8 Å². The second kappa shape index (κ2) is 15.8. The Labute approximate surface area is 294 Å². The molecule has 8 nitrogen and oxygen atoms in total. The smallest absolute Gasteiger partial charge is 0.247 e. The summed E-state index contributed by atoms with van der Waals surface area (Å²) in [7, 11) is 0. The molecule has 0 aromatic heterocycles. The van der Waals surface area contributed by atoms with Crippen LogP contribution in [0.3, 0.4) is 0 Å². The number of carbonyl (C=O) groups excluding carboxylic acids is 4. The van der Waals surface area contributed by atoms with Gasteiger partial charge in [-0.15, -0.1) is 0 Å². The quantitative estimate of drug-likeness (QED) is 0.181. The van der Waals surface area contributed by atoms with E-state index in [1.54, 1.807) is 9.80 Å². The third kappa shape index (κ3) is 8.74. The van der Waals surface area contributed by atoms with Gasteiger partial charge in [0.05, 0.1) is 12.8 Å². The normalized spacial score (nSPS) is 17.2. The lowest BCUT2D eigenvalue weighted by molar-refractivity contribution is -0.136. The number of anilines is 2. The van der Waals surface area contributed by atoms with Crippen LogP contribution in [0.15, 0.2) is 97.1 Å². The molecule has 2 aliphatic heterocycles. The van der Waals surface area contributed by atoms with Gasteiger partial charge >= 0.3 is 0 Å². The van der Waals surface area contributed by atoms with E-state index in [2.05, 4.69) is 10.6 Å². The Morgan fingerprint density at radius 2 is 1.00 bits per heavy atom. The molecule has 0 spiro atoms. The van der Waals surface area contributed by atoms with Crippen LogP contribution in [0.4, 0.5) is 11.4 Å². The molecule has 2 fully saturated rings. The summed E-state index contributed by atoms with van der Waals surface area (Å²) in [5.41, 5.74) is 7.44. The standard InChI is InChI=1S/C42H44N4O4/c1-29-7-3-9-33(25-29)27-39(47)45-23-5-11-37(45)41(49)43-35-19-15-31(16-20-35)13-14-32-17-21-36(22-18-32)44-42(50)38-12-6-24-46(38)40(48)28-34-10-4-8-30(2)26-34/h3-4,7-10,13-22,25-26,37-38H,5-6,11-12,23-24,27-28H2,1-2H3,(H,43,49)(H,44,50)/t37-,38-/m0/s1. The van der Waals surface area contributed by atoms with Crippen molar-refractivity contribution >= 4 is 47.2 Å². The molecule has 0 unspecified atom stereocenters. The predicted molar refractivity (Wildman–Crippen MR) is 198 cm³/mol. The van der Waals surface area contributed by atoms with Gasteiger partial charge in [-0.1, -0.05) is 96.1 Å². The second-order valence-corrected chi connectivity index (χ2v) is 13.4. The number of likely N-dealkylation sites (tertiary alicyclic amines) is 2. The van der Waals surface area contributed by atoms with E-state index in [0.717, 1.165) is 46.2 Å². The van der Waals surface area contributed by atoms with E-state index in [1.165, 1.54) is 0 Å². The highest BCUT2D eigenvalue weighted by Crippen LogP contribution is 2.23. The monoisotopic (exact) mass is 668 g/mol. The molecule has 50 heavy (non-hydrogen) atoms. The van der Waals surface area contributed by atoms with Gasteiger partial charge in [0.25, 0.3) is 0 Å². The van der Waals surface area contributed by atoms with Crippen molar-refractivity contribution in [3.05, 3.63) is 130 Å². The van der Waals surface area contributed by atoms with Crippen LogP contribution < -0.4 is 10.6 Å². The van der Waals surface area contributed by atoms with E-state index in [4.69, 9.17) is 0 Å². The van der Waals surface area contributed by atoms with E-state index in [0.29, 0.717) is 50.1 Å². The first-order valence-electron chi connectivity index (χ1n) is 17.4. The highest BCUT2D eigenvalue weighted by Gasteiger charge is 2.35. The van der Waals surface area contributed by atoms with Gasteiger partial charge in [-0.05, 0) is 86.1 Å². The maximum Gasteiger partial charge on any atom is 0.247 e. The number of rotatable bonds is 10. The molecule has 2 N–H and O–H groups in total. The minimum atomic E-state index is -0.469. The van der Waals surface area contributed by atoms with Gasteiger partial charge in [-0.3, -0.25) is 19.2 Å². The summed E-state index contributed by atoms with van der Waals surface area (Å²) in [4.78, 5) is 55.8. The van der Waals surface area contributed by atoms with Crippen LogP contribution in [0, 0.1) is 13.8 Å². The molecule has 4 aromatic carbocycles. The van der Waals surface area contributed by atoms with Crippen LogP contribution in [0.2, 0.25) is 0 Å². The Kier molecular flexibility index (Phi) is 10.9. The minimum absolute atomic E-state index is 0.0225. The van der Waals surface area contributed by atoms with Crippen LogP contribution in [0.5, 0.6) is 0 Å². The van der Waals surface area contributed by atoms with Crippen molar-refractivity contribution in [2.45, 2.75) is 64.5 Å². The fourth-order valence-electron chi connectivity index (χ4n) is 6.87. The number of aryl methyl sites for hydroxylation is 2. The molecule has 4 amide bonds. The van der Waals surface area contributed by atoms with Gasteiger partial charge in [0.2, 0.25) is 23.6 Å². The van der Waals surface area contributed by atoms with Crippen LogP contribution >= 0.6 is 0 Å². The van der Waals surface area contributed by atoms with Gasteiger partial charge in [0, 0.05) is 24.5 Å². The molecule has 6 rings (SSSR count). The zero-order valence-electron chi connectivity index (χ0n) is 28.7. The SMILES string of the molecule is Cc1cccc(CC(=O)N2CCC[C@H]2C(=O)Nc2ccc(C=Cc3ccc(NC(=O)[C@@H]4CCCN4C(=O)Cc4cccc(C)c4)cc3)cc2)c1. The van der Waals surface area contributed by atoms with E-state index in [9.17, 15) is 19.2 Å². The van der Waals surface area contributed by atoms with Crippen molar-refractivity contribution in [3.63, 3.8) is 0 Å². The third-order valence-corrected chi connectivity index (χ3v) is 9.45. The van der Waals surface area contributed by atoms with E-state index >= 15 is 0 Å². The van der Waals surface area contributed by atoms with Gasteiger partial charge in [-0.2, -0.15) is 0 Å². The molecule has 0 aliphatic carbocycles. The van der Waals surface area contributed by atoms with Gasteiger partial charge < -0.3 is 20.4 Å². The minimum Gasteiger partial charge on any atom is -0.330 e. The summed E-state index contributed by atoms with van der Waals surface area (Å²) in [6.07, 6.45) is 7.48. The van der Waals surface area contributed by atoms with Crippen LogP contribution in [-0.4, -0.2) is 58.6 Å². The zero-order valence-corrected chi connectivity index (χ0v) is 28.7. The largest absolute Gasteiger partial charge is 0.330 e. The summed E-state index contributed by atoms with van der Waals surface area (Å²) in [6.45, 7) is 5.20. The zero-order chi connectivity index (χ0) is 35.0. The van der Waals surface area contributed by atoms with Crippen molar-refractivity contribution in [2.75, 3.05) is 23.7 Å². The van der Waals surface area contributed by atoms with Gasteiger partial charge in [0.15, 0.2) is 0 Å². The molecule has 0 saturated carbocycles. The maximum atomic E-state index is 13.2. The summed E-state index contributed by atoms with van der Waals surface area (Å²) in [6, 6.07) is 30.1. The molecule has 0 radical (unpaired) electrons. The molecular formula is C42H44N4O4. The average Bonchev–Trinajstić information content (AvgIpc) is 3.80. The Morgan fingerprint density at radius 1 is 0.600 bits per heavy atom. The molecule has 2 aliphatic rings. The van der Waals surface area contributed by atoms with Crippen LogP contribution in [0.1, 0.15) is 59.1 Å². The van der Waals surface area contributed by atoms with Crippen LogP contribution in [0.25, 0.3) is 12.2 Å². The number of nitrogens with one attached hydrogen (secondary N) is 2. The molecule has 4 aromatic rings. The van der Waals surface area contributed by atoms with Gasteiger partial charge in [0.1, 0.15) is 12.1 Å². The lowest BCUT2D eigenvalue weighted by atomic mass is 10.1. The highest BCUT2D eigenvalue weighted by molar-refractivity contribution is 5.98. The first kappa shape index (κ1) is 34.4. The van der Waals surface area contributed by atoms with Crippen molar-refractivity contribution in [3.8, 4) is 0 Å². The number of hydrogen-bond acceptors (Lipinski definition) is 4. The molecule has 256 valence electrons. The second-order valence-electron chi connectivity index (χ2n) is 13.4. The number of hydrogen-bond donors (Lipinski definition) is 2. The molecule has 2 atom stereocenters. The van der Waals surface area contributed by atoms with Crippen molar-refractivity contribution in [1.29, 1.82) is 0 Å². The Balaban J connectivity index is 0.985.